The fourth-order valence-electron chi connectivity index (χ4n) is 1.16. The van der Waals surface area contributed by atoms with Crippen LogP contribution in [0.3, 0.4) is 0 Å². The first-order valence-electron chi connectivity index (χ1n) is 3.98. The summed E-state index contributed by atoms with van der Waals surface area (Å²) in [4.78, 5) is 11.0. The summed E-state index contributed by atoms with van der Waals surface area (Å²) < 4.78 is 0. The van der Waals surface area contributed by atoms with Gasteiger partial charge in [0.25, 0.3) is 0 Å². The third-order valence-corrected chi connectivity index (χ3v) is 1.88. The van der Waals surface area contributed by atoms with Crippen LogP contribution in [0.15, 0.2) is 18.2 Å². The SMILES string of the molecule is CCc1cccc(C(C)=O)c1O. The third-order valence-electron chi connectivity index (χ3n) is 1.88. The zero-order chi connectivity index (χ0) is 9.14. The van der Waals surface area contributed by atoms with E-state index in [2.05, 4.69) is 0 Å². The molecule has 0 bridgehead atoms. The highest BCUT2D eigenvalue weighted by Crippen LogP contribution is 2.22. The van der Waals surface area contributed by atoms with Gasteiger partial charge in [0.05, 0.1) is 5.56 Å². The molecule has 1 N–H and O–H groups in total. The summed E-state index contributed by atoms with van der Waals surface area (Å²) in [5.41, 5.74) is 1.23. The van der Waals surface area contributed by atoms with Crippen molar-refractivity contribution in [3.8, 4) is 5.75 Å². The molecule has 0 aliphatic carbocycles. The molecule has 1 rings (SSSR count). The molecule has 1 aromatic carbocycles. The fourth-order valence-corrected chi connectivity index (χ4v) is 1.16. The Morgan fingerprint density at radius 1 is 1.50 bits per heavy atom. The van der Waals surface area contributed by atoms with Crippen LogP contribution in [0.25, 0.3) is 0 Å². The molecule has 1 aromatic rings. The van der Waals surface area contributed by atoms with Gasteiger partial charge in [0.1, 0.15) is 5.75 Å². The Morgan fingerprint density at radius 3 is 2.67 bits per heavy atom. The van der Waals surface area contributed by atoms with Crippen molar-refractivity contribution in [2.45, 2.75) is 20.3 Å². The molecule has 0 aromatic heterocycles. The lowest BCUT2D eigenvalue weighted by atomic mass is 10.0. The maximum absolute atomic E-state index is 11.0. The van der Waals surface area contributed by atoms with Crippen molar-refractivity contribution >= 4 is 5.78 Å². The summed E-state index contributed by atoms with van der Waals surface area (Å²) >= 11 is 0. The highest BCUT2D eigenvalue weighted by molar-refractivity contribution is 5.97. The molecule has 64 valence electrons. The molecular formula is C10H12O2. The van der Waals surface area contributed by atoms with Gasteiger partial charge in [-0.3, -0.25) is 4.79 Å². The minimum absolute atomic E-state index is 0.0946. The van der Waals surface area contributed by atoms with E-state index in [9.17, 15) is 9.90 Å². The van der Waals surface area contributed by atoms with Gasteiger partial charge in [0.2, 0.25) is 0 Å². The Kier molecular flexibility index (Phi) is 2.48. The molecule has 0 atom stereocenters. The molecule has 0 aliphatic heterocycles. The maximum Gasteiger partial charge on any atom is 0.163 e. The summed E-state index contributed by atoms with van der Waals surface area (Å²) in [6.07, 6.45) is 0.743. The standard InChI is InChI=1S/C10H12O2/c1-3-8-5-4-6-9(7(2)11)10(8)12/h4-6,12H,3H2,1-2H3. The molecule has 0 fully saturated rings. The van der Waals surface area contributed by atoms with E-state index in [1.807, 2.05) is 13.0 Å². The molecular weight excluding hydrogens is 152 g/mol. The molecule has 0 unspecified atom stereocenters. The highest BCUT2D eigenvalue weighted by Gasteiger charge is 2.08. The number of benzene rings is 1. The zero-order valence-electron chi connectivity index (χ0n) is 7.29. The van der Waals surface area contributed by atoms with Crippen molar-refractivity contribution in [2.24, 2.45) is 0 Å². The van der Waals surface area contributed by atoms with Crippen LogP contribution < -0.4 is 0 Å². The number of phenolic OH excluding ortho intramolecular Hbond substituents is 1. The van der Waals surface area contributed by atoms with Gasteiger partial charge in [0.15, 0.2) is 5.78 Å². The van der Waals surface area contributed by atoms with Crippen molar-refractivity contribution in [1.29, 1.82) is 0 Å². The van der Waals surface area contributed by atoms with Gasteiger partial charge in [-0.05, 0) is 25.0 Å². The maximum atomic E-state index is 11.0. The molecule has 0 radical (unpaired) electrons. The second-order valence-corrected chi connectivity index (χ2v) is 2.72. The van der Waals surface area contributed by atoms with Crippen LogP contribution in [-0.2, 0) is 6.42 Å². The predicted octanol–water partition coefficient (Wildman–Crippen LogP) is 2.16. The van der Waals surface area contributed by atoms with Crippen LogP contribution >= 0.6 is 0 Å². The van der Waals surface area contributed by atoms with Crippen LogP contribution in [0.1, 0.15) is 29.8 Å². The number of carbonyl (C=O) groups is 1. The smallest absolute Gasteiger partial charge is 0.163 e. The number of rotatable bonds is 2. The fraction of sp³-hybridized carbons (Fsp3) is 0.300. The third kappa shape index (κ3) is 1.47. The Bertz CT molecular complexity index is 303. The molecule has 0 aliphatic rings. The van der Waals surface area contributed by atoms with Crippen molar-refractivity contribution in [2.75, 3.05) is 0 Å². The van der Waals surface area contributed by atoms with Crippen molar-refractivity contribution in [3.05, 3.63) is 29.3 Å². The number of ketones is 1. The number of hydrogen-bond acceptors (Lipinski definition) is 2. The molecule has 2 heteroatoms. The highest BCUT2D eigenvalue weighted by atomic mass is 16.3. The van der Waals surface area contributed by atoms with Crippen LogP contribution in [0.5, 0.6) is 5.75 Å². The first-order valence-corrected chi connectivity index (χ1v) is 3.98. The average Bonchev–Trinajstić information content (AvgIpc) is 2.04. The van der Waals surface area contributed by atoms with E-state index < -0.39 is 0 Å². The summed E-state index contributed by atoms with van der Waals surface area (Å²) in [6, 6.07) is 5.24. The Morgan fingerprint density at radius 2 is 2.17 bits per heavy atom. The van der Waals surface area contributed by atoms with Crippen LogP contribution in [0.4, 0.5) is 0 Å². The largest absolute Gasteiger partial charge is 0.507 e. The predicted molar refractivity (Wildman–Crippen MR) is 47.5 cm³/mol. The van der Waals surface area contributed by atoms with Crippen molar-refractivity contribution in [1.82, 2.24) is 0 Å². The summed E-state index contributed by atoms with van der Waals surface area (Å²) in [7, 11) is 0. The van der Waals surface area contributed by atoms with E-state index in [0.29, 0.717) is 5.56 Å². The van der Waals surface area contributed by atoms with Crippen molar-refractivity contribution < 1.29 is 9.90 Å². The molecule has 0 heterocycles. The Labute approximate surface area is 71.8 Å². The summed E-state index contributed by atoms with van der Waals surface area (Å²) in [5.74, 6) is 0.0373. The number of aryl methyl sites for hydroxylation is 1. The van der Waals surface area contributed by atoms with E-state index in [1.165, 1.54) is 6.92 Å². The van der Waals surface area contributed by atoms with Gasteiger partial charge in [-0.25, -0.2) is 0 Å². The number of phenols is 1. The molecule has 0 spiro atoms. The Hall–Kier alpha value is -1.31. The molecule has 0 saturated carbocycles. The van der Waals surface area contributed by atoms with E-state index >= 15 is 0 Å². The number of carbonyl (C=O) groups excluding carboxylic acids is 1. The van der Waals surface area contributed by atoms with E-state index in [4.69, 9.17) is 0 Å². The Balaban J connectivity index is 3.23. The zero-order valence-corrected chi connectivity index (χ0v) is 7.29. The molecule has 0 saturated heterocycles. The number of para-hydroxylation sites is 1. The molecule has 0 amide bonds. The first kappa shape index (κ1) is 8.78. The summed E-state index contributed by atoms with van der Waals surface area (Å²) in [5, 5.41) is 9.54. The average molecular weight is 164 g/mol. The van der Waals surface area contributed by atoms with E-state index in [0.717, 1.165) is 12.0 Å². The molecule has 2 nitrogen and oxygen atoms in total. The van der Waals surface area contributed by atoms with E-state index in [-0.39, 0.29) is 11.5 Å². The van der Waals surface area contributed by atoms with E-state index in [1.54, 1.807) is 12.1 Å². The number of hydrogen-bond donors (Lipinski definition) is 1. The normalized spacial score (nSPS) is 9.83. The lowest BCUT2D eigenvalue weighted by Gasteiger charge is -2.04. The lowest BCUT2D eigenvalue weighted by Crippen LogP contribution is -1.94. The van der Waals surface area contributed by atoms with Gasteiger partial charge >= 0.3 is 0 Å². The van der Waals surface area contributed by atoms with Gasteiger partial charge < -0.3 is 5.11 Å². The lowest BCUT2D eigenvalue weighted by molar-refractivity contribution is 0.101. The van der Waals surface area contributed by atoms with Gasteiger partial charge in [-0.15, -0.1) is 0 Å². The van der Waals surface area contributed by atoms with Gasteiger partial charge in [0, 0.05) is 0 Å². The first-order chi connectivity index (χ1) is 5.66. The van der Waals surface area contributed by atoms with Crippen LogP contribution in [0, 0.1) is 0 Å². The van der Waals surface area contributed by atoms with Gasteiger partial charge in [-0.1, -0.05) is 19.1 Å². The van der Waals surface area contributed by atoms with Crippen LogP contribution in [0.2, 0.25) is 0 Å². The monoisotopic (exact) mass is 164 g/mol. The number of Topliss-reactive ketones (excluding diaryl/α,β-unsaturated/α-hetero) is 1. The van der Waals surface area contributed by atoms with Crippen LogP contribution in [-0.4, -0.2) is 10.9 Å². The second kappa shape index (κ2) is 3.39. The van der Waals surface area contributed by atoms with Gasteiger partial charge in [-0.2, -0.15) is 0 Å². The summed E-state index contributed by atoms with van der Waals surface area (Å²) in [6.45, 7) is 3.40. The minimum atomic E-state index is -0.0946. The molecule has 12 heavy (non-hydrogen) atoms. The second-order valence-electron chi connectivity index (χ2n) is 2.72. The number of aromatic hydroxyl groups is 1. The quantitative estimate of drug-likeness (QED) is 0.680. The topological polar surface area (TPSA) is 37.3 Å². The minimum Gasteiger partial charge on any atom is -0.507 e. The van der Waals surface area contributed by atoms with Crippen molar-refractivity contribution in [3.63, 3.8) is 0 Å².